The van der Waals surface area contributed by atoms with Crippen molar-refractivity contribution in [3.8, 4) is 0 Å². The molecule has 5 nitrogen and oxygen atoms in total. The number of rotatable bonds is 6. The number of carbonyl (C=O) groups excluding carboxylic acids is 3. The quantitative estimate of drug-likeness (QED) is 0.493. The summed E-state index contributed by atoms with van der Waals surface area (Å²) >= 11 is 0. The predicted molar refractivity (Wildman–Crippen MR) is 111 cm³/mol. The molecule has 0 fully saturated rings. The number of anilines is 1. The van der Waals surface area contributed by atoms with Gasteiger partial charge in [0.15, 0.2) is 6.10 Å². The van der Waals surface area contributed by atoms with Crippen molar-refractivity contribution in [3.63, 3.8) is 0 Å². The molecule has 5 heteroatoms. The van der Waals surface area contributed by atoms with Crippen LogP contribution in [0.3, 0.4) is 0 Å². The van der Waals surface area contributed by atoms with E-state index >= 15 is 0 Å². The summed E-state index contributed by atoms with van der Waals surface area (Å²) < 4.78 is 5.33. The zero-order valence-electron chi connectivity index (χ0n) is 16.2. The van der Waals surface area contributed by atoms with E-state index in [1.165, 1.54) is 6.07 Å². The molecule has 1 unspecified atom stereocenters. The van der Waals surface area contributed by atoms with Crippen molar-refractivity contribution < 1.29 is 19.1 Å². The molecule has 3 rings (SSSR count). The number of hydrogen-bond donors (Lipinski definition) is 1. The average Bonchev–Trinajstić information content (AvgIpc) is 2.74. The second-order valence-corrected chi connectivity index (χ2v) is 6.68. The maximum Gasteiger partial charge on any atom is 0.338 e. The summed E-state index contributed by atoms with van der Waals surface area (Å²) in [5.74, 6) is -1.18. The second kappa shape index (κ2) is 8.97. The van der Waals surface area contributed by atoms with Crippen LogP contribution in [0.2, 0.25) is 0 Å². The van der Waals surface area contributed by atoms with Crippen molar-refractivity contribution in [1.29, 1.82) is 0 Å². The Balaban J connectivity index is 1.66. The van der Waals surface area contributed by atoms with Crippen LogP contribution in [0.5, 0.6) is 0 Å². The van der Waals surface area contributed by atoms with Crippen LogP contribution in [0, 0.1) is 6.92 Å². The summed E-state index contributed by atoms with van der Waals surface area (Å²) in [6.07, 6.45) is -0.923. The van der Waals surface area contributed by atoms with Gasteiger partial charge >= 0.3 is 5.97 Å². The fraction of sp³-hybridized carbons (Fsp3) is 0.125. The molecule has 29 heavy (non-hydrogen) atoms. The Morgan fingerprint density at radius 3 is 2.14 bits per heavy atom. The summed E-state index contributed by atoms with van der Waals surface area (Å²) in [6, 6.07) is 22.3. The number of ketones is 1. The Morgan fingerprint density at radius 2 is 1.45 bits per heavy atom. The molecule has 0 aliphatic heterocycles. The highest BCUT2D eigenvalue weighted by molar-refractivity contribution is 6.05. The number of ether oxygens (including phenoxy) is 1. The topological polar surface area (TPSA) is 72.5 Å². The Hall–Kier alpha value is -3.73. The van der Waals surface area contributed by atoms with E-state index in [4.69, 9.17) is 4.74 Å². The molecule has 0 aromatic heterocycles. The van der Waals surface area contributed by atoms with Crippen LogP contribution < -0.4 is 5.32 Å². The number of esters is 1. The van der Waals surface area contributed by atoms with E-state index in [2.05, 4.69) is 5.32 Å². The van der Waals surface area contributed by atoms with Gasteiger partial charge in [-0.25, -0.2) is 4.79 Å². The Bertz CT molecular complexity index is 1030. The molecule has 0 heterocycles. The van der Waals surface area contributed by atoms with Crippen LogP contribution in [0.15, 0.2) is 78.9 Å². The van der Waals surface area contributed by atoms with Crippen LogP contribution in [0.4, 0.5) is 5.69 Å². The van der Waals surface area contributed by atoms with E-state index in [0.717, 1.165) is 5.56 Å². The lowest BCUT2D eigenvalue weighted by Crippen LogP contribution is -2.24. The van der Waals surface area contributed by atoms with E-state index in [9.17, 15) is 14.4 Å². The molecule has 3 aromatic rings. The highest BCUT2D eigenvalue weighted by atomic mass is 16.5. The zero-order chi connectivity index (χ0) is 20.8. The normalized spacial score (nSPS) is 11.4. The molecular formula is C24H21NO4. The van der Waals surface area contributed by atoms with E-state index in [-0.39, 0.29) is 17.3 Å². The monoisotopic (exact) mass is 387 g/mol. The third kappa shape index (κ3) is 5.17. The molecule has 0 aliphatic rings. The summed E-state index contributed by atoms with van der Waals surface area (Å²) in [7, 11) is 0. The van der Waals surface area contributed by atoms with Crippen molar-refractivity contribution in [2.45, 2.75) is 20.0 Å². The fourth-order valence-corrected chi connectivity index (χ4v) is 2.75. The van der Waals surface area contributed by atoms with Gasteiger partial charge in [0.25, 0.3) is 5.91 Å². The molecule has 0 saturated carbocycles. The van der Waals surface area contributed by atoms with Gasteiger partial charge < -0.3 is 10.1 Å². The lowest BCUT2D eigenvalue weighted by Gasteiger charge is -2.13. The van der Waals surface area contributed by atoms with Crippen LogP contribution in [0.25, 0.3) is 0 Å². The number of hydrogen-bond acceptors (Lipinski definition) is 4. The van der Waals surface area contributed by atoms with Gasteiger partial charge in [-0.3, -0.25) is 9.59 Å². The van der Waals surface area contributed by atoms with Gasteiger partial charge in [-0.2, -0.15) is 0 Å². The lowest BCUT2D eigenvalue weighted by atomic mass is 10.1. The minimum absolute atomic E-state index is 0.249. The molecule has 3 aromatic carbocycles. The van der Waals surface area contributed by atoms with Gasteiger partial charge in [0.2, 0.25) is 5.78 Å². The van der Waals surface area contributed by atoms with Crippen molar-refractivity contribution in [2.24, 2.45) is 0 Å². The van der Waals surface area contributed by atoms with Gasteiger partial charge in [-0.1, -0.05) is 54.1 Å². The summed E-state index contributed by atoms with van der Waals surface area (Å²) in [6.45, 7) is 3.47. The summed E-state index contributed by atoms with van der Waals surface area (Å²) in [5.41, 5.74) is 2.75. The SMILES string of the molecule is Cc1ccc(C(=O)C(C)OC(=O)c2cccc(NC(=O)c3ccccc3)c2)cc1. The van der Waals surface area contributed by atoms with E-state index < -0.39 is 12.1 Å². The first-order valence-corrected chi connectivity index (χ1v) is 9.22. The summed E-state index contributed by atoms with van der Waals surface area (Å²) in [5, 5.41) is 2.75. The van der Waals surface area contributed by atoms with Crippen LogP contribution >= 0.6 is 0 Å². The molecule has 1 N–H and O–H groups in total. The maximum absolute atomic E-state index is 12.5. The Morgan fingerprint density at radius 1 is 0.793 bits per heavy atom. The first-order chi connectivity index (χ1) is 13.9. The van der Waals surface area contributed by atoms with Gasteiger partial charge in [0.05, 0.1) is 5.56 Å². The molecule has 1 amide bonds. The first-order valence-electron chi connectivity index (χ1n) is 9.22. The Labute approximate surface area is 169 Å². The van der Waals surface area contributed by atoms with Crippen molar-refractivity contribution in [3.05, 3.63) is 101 Å². The predicted octanol–water partition coefficient (Wildman–Crippen LogP) is 4.68. The third-order valence-electron chi connectivity index (χ3n) is 4.38. The highest BCUT2D eigenvalue weighted by Crippen LogP contribution is 2.15. The standard InChI is InChI=1S/C24H21NO4/c1-16-11-13-18(14-12-16)22(26)17(2)29-24(28)20-9-6-10-21(15-20)25-23(27)19-7-4-3-5-8-19/h3-15,17H,1-2H3,(H,25,27). The van der Waals surface area contributed by atoms with Crippen LogP contribution in [-0.2, 0) is 4.74 Å². The van der Waals surface area contributed by atoms with E-state index in [1.807, 2.05) is 25.1 Å². The molecule has 0 aliphatic carbocycles. The van der Waals surface area contributed by atoms with Gasteiger partial charge in [-0.15, -0.1) is 0 Å². The third-order valence-corrected chi connectivity index (χ3v) is 4.38. The number of aryl methyl sites for hydroxylation is 1. The van der Waals surface area contributed by atoms with Crippen LogP contribution in [-0.4, -0.2) is 23.8 Å². The van der Waals surface area contributed by atoms with Crippen LogP contribution in [0.1, 0.15) is 43.6 Å². The number of Topliss-reactive ketones (excluding diaryl/α,β-unsaturated/α-hetero) is 1. The van der Waals surface area contributed by atoms with E-state index in [0.29, 0.717) is 16.8 Å². The number of carbonyl (C=O) groups is 3. The van der Waals surface area contributed by atoms with E-state index in [1.54, 1.807) is 61.5 Å². The molecule has 146 valence electrons. The molecule has 0 spiro atoms. The van der Waals surface area contributed by atoms with Crippen molar-refractivity contribution >= 4 is 23.3 Å². The number of nitrogens with one attached hydrogen (secondary N) is 1. The Kier molecular flexibility index (Phi) is 6.19. The number of amides is 1. The maximum atomic E-state index is 12.5. The highest BCUT2D eigenvalue weighted by Gasteiger charge is 2.20. The minimum atomic E-state index is -0.923. The molecule has 0 bridgehead atoms. The molecule has 1 atom stereocenters. The lowest BCUT2D eigenvalue weighted by molar-refractivity contribution is 0.0319. The minimum Gasteiger partial charge on any atom is -0.451 e. The summed E-state index contributed by atoms with van der Waals surface area (Å²) in [4.78, 5) is 37.2. The molecule has 0 saturated heterocycles. The smallest absolute Gasteiger partial charge is 0.338 e. The van der Waals surface area contributed by atoms with Gasteiger partial charge in [0, 0.05) is 16.8 Å². The molecule has 0 radical (unpaired) electrons. The zero-order valence-corrected chi connectivity index (χ0v) is 16.2. The first kappa shape index (κ1) is 20.0. The average molecular weight is 387 g/mol. The van der Waals surface area contributed by atoms with Crippen molar-refractivity contribution in [1.82, 2.24) is 0 Å². The van der Waals surface area contributed by atoms with Gasteiger partial charge in [-0.05, 0) is 44.2 Å². The second-order valence-electron chi connectivity index (χ2n) is 6.68. The molecular weight excluding hydrogens is 366 g/mol. The van der Waals surface area contributed by atoms with Crippen molar-refractivity contribution in [2.75, 3.05) is 5.32 Å². The fourth-order valence-electron chi connectivity index (χ4n) is 2.75. The largest absolute Gasteiger partial charge is 0.451 e. The number of benzene rings is 3. The van der Waals surface area contributed by atoms with Gasteiger partial charge in [0.1, 0.15) is 0 Å².